The predicted molar refractivity (Wildman–Crippen MR) is 106 cm³/mol. The maximum Gasteiger partial charge on any atom is 0.227 e. The van der Waals surface area contributed by atoms with Crippen molar-refractivity contribution in [1.82, 2.24) is 19.9 Å². The topological polar surface area (TPSA) is 57.6 Å². The molecule has 0 bridgehead atoms. The van der Waals surface area contributed by atoms with E-state index in [9.17, 15) is 0 Å². The second-order valence-electron chi connectivity index (χ2n) is 7.31. The van der Waals surface area contributed by atoms with E-state index in [2.05, 4.69) is 43.8 Å². The van der Waals surface area contributed by atoms with Crippen LogP contribution < -0.4 is 9.80 Å². The second-order valence-corrected chi connectivity index (χ2v) is 7.31. The van der Waals surface area contributed by atoms with Crippen molar-refractivity contribution in [3.8, 4) is 0 Å². The number of rotatable bonds is 5. The van der Waals surface area contributed by atoms with E-state index in [1.54, 1.807) is 0 Å². The summed E-state index contributed by atoms with van der Waals surface area (Å²) in [6.07, 6.45) is 7.99. The zero-order chi connectivity index (χ0) is 18.5. The van der Waals surface area contributed by atoms with Gasteiger partial charge < -0.3 is 14.5 Å². The van der Waals surface area contributed by atoms with Gasteiger partial charge in [0.15, 0.2) is 0 Å². The SMILES string of the molecule is CN(c1nccc(N2CCOCC2)n1)C1CCCN(Cc2ccncc2)C1. The van der Waals surface area contributed by atoms with Crippen LogP contribution in [-0.4, -0.2) is 72.3 Å². The van der Waals surface area contributed by atoms with Crippen molar-refractivity contribution in [3.05, 3.63) is 42.4 Å². The Morgan fingerprint density at radius 2 is 1.93 bits per heavy atom. The third kappa shape index (κ3) is 4.54. The average Bonchev–Trinajstić information content (AvgIpc) is 2.75. The molecule has 0 N–H and O–H groups in total. The molecule has 4 heterocycles. The van der Waals surface area contributed by atoms with Gasteiger partial charge in [0.1, 0.15) is 5.82 Å². The van der Waals surface area contributed by atoms with Crippen LogP contribution in [0.25, 0.3) is 0 Å². The van der Waals surface area contributed by atoms with E-state index in [-0.39, 0.29) is 0 Å². The number of morpholine rings is 1. The van der Waals surface area contributed by atoms with E-state index in [0.29, 0.717) is 6.04 Å². The quantitative estimate of drug-likeness (QED) is 0.798. The Morgan fingerprint density at radius 1 is 1.11 bits per heavy atom. The molecule has 2 fully saturated rings. The predicted octanol–water partition coefficient (Wildman–Crippen LogP) is 1.81. The number of piperidine rings is 1. The summed E-state index contributed by atoms with van der Waals surface area (Å²) in [7, 11) is 2.12. The highest BCUT2D eigenvalue weighted by Gasteiger charge is 2.25. The summed E-state index contributed by atoms with van der Waals surface area (Å²) in [4.78, 5) is 20.5. The largest absolute Gasteiger partial charge is 0.378 e. The summed E-state index contributed by atoms with van der Waals surface area (Å²) in [6.45, 7) is 6.46. The Bertz CT molecular complexity index is 721. The number of likely N-dealkylation sites (N-methyl/N-ethyl adjacent to an activating group) is 1. The smallest absolute Gasteiger partial charge is 0.227 e. The van der Waals surface area contributed by atoms with Crippen molar-refractivity contribution in [2.24, 2.45) is 0 Å². The summed E-state index contributed by atoms with van der Waals surface area (Å²) in [5.74, 6) is 1.81. The van der Waals surface area contributed by atoms with Gasteiger partial charge in [-0.15, -0.1) is 0 Å². The van der Waals surface area contributed by atoms with E-state index in [4.69, 9.17) is 9.72 Å². The van der Waals surface area contributed by atoms with Crippen molar-refractivity contribution in [1.29, 1.82) is 0 Å². The molecule has 7 heteroatoms. The van der Waals surface area contributed by atoms with Crippen molar-refractivity contribution in [2.75, 3.05) is 56.2 Å². The minimum atomic E-state index is 0.431. The van der Waals surface area contributed by atoms with Gasteiger partial charge in [-0.1, -0.05) is 0 Å². The highest BCUT2D eigenvalue weighted by atomic mass is 16.5. The van der Waals surface area contributed by atoms with E-state index < -0.39 is 0 Å². The van der Waals surface area contributed by atoms with Crippen LogP contribution in [0.1, 0.15) is 18.4 Å². The summed E-state index contributed by atoms with van der Waals surface area (Å²) in [5, 5.41) is 0. The molecule has 2 aromatic rings. The first-order chi connectivity index (χ1) is 13.3. The molecule has 1 atom stereocenters. The highest BCUT2D eigenvalue weighted by molar-refractivity contribution is 5.44. The molecule has 0 spiro atoms. The van der Waals surface area contributed by atoms with E-state index in [1.165, 1.54) is 18.4 Å². The first-order valence-corrected chi connectivity index (χ1v) is 9.79. The zero-order valence-electron chi connectivity index (χ0n) is 16.0. The molecule has 0 saturated carbocycles. The summed E-state index contributed by atoms with van der Waals surface area (Å²) in [5.41, 5.74) is 1.32. The van der Waals surface area contributed by atoms with Crippen LogP contribution in [0.2, 0.25) is 0 Å². The molecule has 27 heavy (non-hydrogen) atoms. The molecule has 2 aliphatic rings. The molecule has 4 rings (SSSR count). The molecule has 0 radical (unpaired) electrons. The van der Waals surface area contributed by atoms with Crippen molar-refractivity contribution < 1.29 is 4.74 Å². The Morgan fingerprint density at radius 3 is 2.74 bits per heavy atom. The molecule has 0 aromatic carbocycles. The summed E-state index contributed by atoms with van der Waals surface area (Å²) >= 11 is 0. The lowest BCUT2D eigenvalue weighted by Gasteiger charge is -2.38. The minimum Gasteiger partial charge on any atom is -0.378 e. The maximum absolute atomic E-state index is 5.45. The fourth-order valence-electron chi connectivity index (χ4n) is 3.88. The van der Waals surface area contributed by atoms with Crippen molar-refractivity contribution in [3.63, 3.8) is 0 Å². The van der Waals surface area contributed by atoms with Crippen molar-refractivity contribution >= 4 is 11.8 Å². The summed E-state index contributed by atoms with van der Waals surface area (Å²) < 4.78 is 5.45. The Balaban J connectivity index is 1.41. The molecule has 0 amide bonds. The van der Waals surface area contributed by atoms with Crippen LogP contribution in [0.5, 0.6) is 0 Å². The van der Waals surface area contributed by atoms with Crippen molar-refractivity contribution in [2.45, 2.75) is 25.4 Å². The van der Waals surface area contributed by atoms with Gasteiger partial charge in [-0.3, -0.25) is 9.88 Å². The van der Waals surface area contributed by atoms with Crippen LogP contribution in [-0.2, 0) is 11.3 Å². The molecular weight excluding hydrogens is 340 g/mol. The van der Waals surface area contributed by atoms with E-state index >= 15 is 0 Å². The highest BCUT2D eigenvalue weighted by Crippen LogP contribution is 2.22. The molecule has 2 aromatic heterocycles. The molecular formula is C20H28N6O. The lowest BCUT2D eigenvalue weighted by molar-refractivity contribution is 0.122. The number of anilines is 2. The molecule has 1 unspecified atom stereocenters. The third-order valence-corrected chi connectivity index (χ3v) is 5.46. The van der Waals surface area contributed by atoms with Gasteiger partial charge in [-0.2, -0.15) is 4.98 Å². The Hall–Kier alpha value is -2.25. The van der Waals surface area contributed by atoms with Crippen LogP contribution in [0.3, 0.4) is 0 Å². The average molecular weight is 368 g/mol. The van der Waals surface area contributed by atoms with Gasteiger partial charge >= 0.3 is 0 Å². The Labute approximate surface area is 161 Å². The van der Waals surface area contributed by atoms with Gasteiger partial charge in [0.05, 0.1) is 13.2 Å². The first kappa shape index (κ1) is 18.1. The van der Waals surface area contributed by atoms with Gasteiger partial charge in [0.25, 0.3) is 0 Å². The minimum absolute atomic E-state index is 0.431. The number of pyridine rings is 1. The monoisotopic (exact) mass is 368 g/mol. The first-order valence-electron chi connectivity index (χ1n) is 9.79. The van der Waals surface area contributed by atoms with E-state index in [1.807, 2.05) is 24.7 Å². The molecule has 144 valence electrons. The van der Waals surface area contributed by atoms with Crippen LogP contribution in [0.15, 0.2) is 36.8 Å². The maximum atomic E-state index is 5.45. The van der Waals surface area contributed by atoms with Gasteiger partial charge in [-0.25, -0.2) is 4.98 Å². The Kier molecular flexibility index (Phi) is 5.79. The standard InChI is InChI=1S/C20H28N6O/c1-24(20-22-9-6-19(23-20)26-11-13-27-14-12-26)18-3-2-10-25(16-18)15-17-4-7-21-8-5-17/h4-9,18H,2-3,10-16H2,1H3. The van der Waals surface area contributed by atoms with Crippen LogP contribution in [0.4, 0.5) is 11.8 Å². The van der Waals surface area contributed by atoms with Gasteiger partial charge in [0, 0.05) is 57.9 Å². The van der Waals surface area contributed by atoms with E-state index in [0.717, 1.165) is 57.7 Å². The number of hydrogen-bond acceptors (Lipinski definition) is 7. The molecule has 2 saturated heterocycles. The molecule has 0 aliphatic carbocycles. The fraction of sp³-hybridized carbons (Fsp3) is 0.550. The fourth-order valence-corrected chi connectivity index (χ4v) is 3.88. The molecule has 2 aliphatic heterocycles. The normalized spacial score (nSPS) is 21.2. The van der Waals surface area contributed by atoms with Crippen LogP contribution in [0, 0.1) is 0 Å². The summed E-state index contributed by atoms with van der Waals surface area (Å²) in [6, 6.07) is 6.63. The van der Waals surface area contributed by atoms with Gasteiger partial charge in [0.2, 0.25) is 5.95 Å². The third-order valence-electron chi connectivity index (χ3n) is 5.46. The zero-order valence-corrected chi connectivity index (χ0v) is 16.0. The number of nitrogens with zero attached hydrogens (tertiary/aromatic N) is 6. The number of hydrogen-bond donors (Lipinski definition) is 0. The lowest BCUT2D eigenvalue weighted by atomic mass is 10.0. The number of aromatic nitrogens is 3. The molecule has 7 nitrogen and oxygen atoms in total. The number of ether oxygens (including phenoxy) is 1. The second kappa shape index (κ2) is 8.63. The number of likely N-dealkylation sites (tertiary alicyclic amines) is 1. The lowest BCUT2D eigenvalue weighted by Crippen LogP contribution is -2.47. The van der Waals surface area contributed by atoms with Gasteiger partial charge in [-0.05, 0) is 43.1 Å². The van der Waals surface area contributed by atoms with Crippen LogP contribution >= 0.6 is 0 Å².